The molecule has 2 aliphatic rings. The van der Waals surface area contributed by atoms with Crippen LogP contribution < -0.4 is 9.47 Å². The molecule has 0 radical (unpaired) electrons. The van der Waals surface area contributed by atoms with Crippen LogP contribution in [0.5, 0.6) is 11.5 Å². The number of thiophene rings is 1. The van der Waals surface area contributed by atoms with Gasteiger partial charge in [0, 0.05) is 41.6 Å². The van der Waals surface area contributed by atoms with Crippen LogP contribution >= 0.6 is 11.3 Å². The van der Waals surface area contributed by atoms with E-state index >= 15 is 0 Å². The molecule has 2 aromatic rings. The molecule has 5 heteroatoms. The predicted octanol–water partition coefficient (Wildman–Crippen LogP) is 4.39. The van der Waals surface area contributed by atoms with Crippen molar-refractivity contribution in [2.24, 2.45) is 0 Å². The van der Waals surface area contributed by atoms with Crippen molar-refractivity contribution in [2.75, 3.05) is 26.9 Å². The summed E-state index contributed by atoms with van der Waals surface area (Å²) in [5.41, 5.74) is 1.20. The summed E-state index contributed by atoms with van der Waals surface area (Å²) in [5, 5.41) is 0. The quantitative estimate of drug-likeness (QED) is 0.810. The summed E-state index contributed by atoms with van der Waals surface area (Å²) >= 11 is 1.90. The first-order valence-corrected chi connectivity index (χ1v) is 9.86. The number of fused-ring (bicyclic) bond motifs is 1. The van der Waals surface area contributed by atoms with Gasteiger partial charge in [0.05, 0.1) is 19.8 Å². The monoisotopic (exact) mass is 359 g/mol. The zero-order valence-electron chi connectivity index (χ0n) is 14.7. The van der Waals surface area contributed by atoms with Gasteiger partial charge in [-0.05, 0) is 37.5 Å². The molecule has 1 atom stereocenters. The van der Waals surface area contributed by atoms with Gasteiger partial charge in [-0.1, -0.05) is 12.1 Å². The molecule has 4 nitrogen and oxygen atoms in total. The highest BCUT2D eigenvalue weighted by atomic mass is 32.1. The third kappa shape index (κ3) is 3.84. The predicted molar refractivity (Wildman–Crippen MR) is 99.5 cm³/mol. The SMILES string of the molecule is COc1cccc2c1OCCCN(Cc1ccc([C@@H]3CCCO3)s1)C2. The Morgan fingerprint density at radius 2 is 2.16 bits per heavy atom. The summed E-state index contributed by atoms with van der Waals surface area (Å²) in [5.74, 6) is 1.73. The Morgan fingerprint density at radius 1 is 1.20 bits per heavy atom. The zero-order chi connectivity index (χ0) is 17.1. The van der Waals surface area contributed by atoms with Crippen molar-refractivity contribution in [3.05, 3.63) is 45.6 Å². The maximum atomic E-state index is 5.96. The number of hydrogen-bond acceptors (Lipinski definition) is 5. The third-order valence-electron chi connectivity index (χ3n) is 4.85. The fraction of sp³-hybridized carbons (Fsp3) is 0.500. The minimum Gasteiger partial charge on any atom is -0.493 e. The fourth-order valence-electron chi connectivity index (χ4n) is 3.60. The maximum absolute atomic E-state index is 5.96. The minimum atomic E-state index is 0.324. The lowest BCUT2D eigenvalue weighted by Gasteiger charge is -2.26. The molecule has 1 aromatic carbocycles. The van der Waals surface area contributed by atoms with Crippen LogP contribution in [0.1, 0.15) is 40.7 Å². The lowest BCUT2D eigenvalue weighted by molar-refractivity contribution is 0.114. The van der Waals surface area contributed by atoms with Crippen molar-refractivity contribution in [1.29, 1.82) is 0 Å². The van der Waals surface area contributed by atoms with Crippen LogP contribution in [0, 0.1) is 0 Å². The van der Waals surface area contributed by atoms with Crippen molar-refractivity contribution in [3.63, 3.8) is 0 Å². The summed E-state index contributed by atoms with van der Waals surface area (Å²) in [6.45, 7) is 4.55. The van der Waals surface area contributed by atoms with E-state index in [-0.39, 0.29) is 0 Å². The molecular weight excluding hydrogens is 334 g/mol. The van der Waals surface area contributed by atoms with Crippen molar-refractivity contribution >= 4 is 11.3 Å². The van der Waals surface area contributed by atoms with E-state index in [1.54, 1.807) is 7.11 Å². The van der Waals surface area contributed by atoms with Gasteiger partial charge >= 0.3 is 0 Å². The second kappa shape index (κ2) is 7.77. The van der Waals surface area contributed by atoms with E-state index in [1.165, 1.54) is 21.7 Å². The van der Waals surface area contributed by atoms with Gasteiger partial charge in [0.1, 0.15) is 0 Å². The Bertz CT molecular complexity index is 709. The largest absolute Gasteiger partial charge is 0.493 e. The van der Waals surface area contributed by atoms with Crippen molar-refractivity contribution in [3.8, 4) is 11.5 Å². The van der Waals surface area contributed by atoms with Gasteiger partial charge in [0.15, 0.2) is 11.5 Å². The first kappa shape index (κ1) is 16.9. The zero-order valence-corrected chi connectivity index (χ0v) is 15.5. The molecule has 134 valence electrons. The van der Waals surface area contributed by atoms with Crippen LogP contribution in [-0.4, -0.2) is 31.8 Å². The summed E-state index contributed by atoms with van der Waals surface area (Å²) in [6, 6.07) is 10.7. The standard InChI is InChI=1S/C20H25NO3S/c1-22-18-6-2-5-15-13-21(10-4-12-24-20(15)18)14-16-8-9-19(25-16)17-7-3-11-23-17/h2,5-6,8-9,17H,3-4,7,10-14H2,1H3/t17-/m0/s1. The van der Waals surface area contributed by atoms with Crippen LogP contribution in [0.25, 0.3) is 0 Å². The van der Waals surface area contributed by atoms with E-state index in [2.05, 4.69) is 23.1 Å². The molecule has 0 spiro atoms. The summed E-state index contributed by atoms with van der Waals surface area (Å²) in [6.07, 6.45) is 3.70. The molecule has 4 rings (SSSR count). The molecule has 1 saturated heterocycles. The number of para-hydroxylation sites is 1. The molecule has 0 aliphatic carbocycles. The molecule has 0 amide bonds. The van der Waals surface area contributed by atoms with Crippen LogP contribution in [0.4, 0.5) is 0 Å². The van der Waals surface area contributed by atoms with Gasteiger partial charge in [0.25, 0.3) is 0 Å². The van der Waals surface area contributed by atoms with Crippen LogP contribution in [0.3, 0.4) is 0 Å². The summed E-state index contributed by atoms with van der Waals surface area (Å²) < 4.78 is 17.2. The number of benzene rings is 1. The molecule has 1 aromatic heterocycles. The lowest BCUT2D eigenvalue weighted by atomic mass is 10.1. The van der Waals surface area contributed by atoms with Crippen molar-refractivity contribution in [1.82, 2.24) is 4.90 Å². The summed E-state index contributed by atoms with van der Waals surface area (Å²) in [4.78, 5) is 5.30. The molecule has 0 saturated carbocycles. The topological polar surface area (TPSA) is 30.9 Å². The number of methoxy groups -OCH3 is 1. The highest BCUT2D eigenvalue weighted by Crippen LogP contribution is 2.35. The maximum Gasteiger partial charge on any atom is 0.165 e. The Hall–Kier alpha value is -1.56. The number of nitrogens with zero attached hydrogens (tertiary/aromatic N) is 1. The van der Waals surface area contributed by atoms with Crippen LogP contribution in [0.15, 0.2) is 30.3 Å². The highest BCUT2D eigenvalue weighted by Gasteiger charge is 2.21. The minimum absolute atomic E-state index is 0.324. The van der Waals surface area contributed by atoms with Gasteiger partial charge < -0.3 is 14.2 Å². The van der Waals surface area contributed by atoms with Gasteiger partial charge in [-0.15, -0.1) is 11.3 Å². The fourth-order valence-corrected chi connectivity index (χ4v) is 4.74. The Balaban J connectivity index is 1.48. The first-order chi connectivity index (χ1) is 12.3. The van der Waals surface area contributed by atoms with Gasteiger partial charge in [-0.3, -0.25) is 4.90 Å². The molecule has 0 bridgehead atoms. The number of rotatable bonds is 4. The smallest absolute Gasteiger partial charge is 0.165 e. The molecule has 0 N–H and O–H groups in total. The Kier molecular flexibility index (Phi) is 5.25. The molecule has 3 heterocycles. The lowest BCUT2D eigenvalue weighted by Crippen LogP contribution is -2.27. The Labute approximate surface area is 153 Å². The third-order valence-corrected chi connectivity index (χ3v) is 6.01. The van der Waals surface area contributed by atoms with E-state index < -0.39 is 0 Å². The van der Waals surface area contributed by atoms with E-state index in [1.807, 2.05) is 23.5 Å². The highest BCUT2D eigenvalue weighted by molar-refractivity contribution is 7.12. The van der Waals surface area contributed by atoms with E-state index in [0.717, 1.165) is 57.2 Å². The normalized spacial score (nSPS) is 21.2. The molecule has 2 aliphatic heterocycles. The first-order valence-electron chi connectivity index (χ1n) is 9.05. The molecule has 0 unspecified atom stereocenters. The average Bonchev–Trinajstić information content (AvgIpc) is 3.28. The van der Waals surface area contributed by atoms with Crippen LogP contribution in [-0.2, 0) is 17.8 Å². The van der Waals surface area contributed by atoms with E-state index in [4.69, 9.17) is 14.2 Å². The second-order valence-corrected chi connectivity index (χ2v) is 7.87. The van der Waals surface area contributed by atoms with Crippen molar-refractivity contribution in [2.45, 2.75) is 38.5 Å². The van der Waals surface area contributed by atoms with Crippen molar-refractivity contribution < 1.29 is 14.2 Å². The average molecular weight is 359 g/mol. The molecular formula is C20H25NO3S. The van der Waals surface area contributed by atoms with E-state index in [0.29, 0.717) is 6.10 Å². The Morgan fingerprint density at radius 3 is 3.00 bits per heavy atom. The number of ether oxygens (including phenoxy) is 3. The number of hydrogen-bond donors (Lipinski definition) is 0. The summed E-state index contributed by atoms with van der Waals surface area (Å²) in [7, 11) is 1.70. The molecule has 1 fully saturated rings. The van der Waals surface area contributed by atoms with Gasteiger partial charge in [-0.2, -0.15) is 0 Å². The van der Waals surface area contributed by atoms with Crippen LogP contribution in [0.2, 0.25) is 0 Å². The second-order valence-electron chi connectivity index (χ2n) is 6.67. The van der Waals surface area contributed by atoms with Gasteiger partial charge in [-0.25, -0.2) is 0 Å². The van der Waals surface area contributed by atoms with Gasteiger partial charge in [0.2, 0.25) is 0 Å². The van der Waals surface area contributed by atoms with E-state index in [9.17, 15) is 0 Å². The molecule has 25 heavy (non-hydrogen) atoms.